The van der Waals surface area contributed by atoms with E-state index in [2.05, 4.69) is 10.6 Å². The van der Waals surface area contributed by atoms with Gasteiger partial charge in [0.1, 0.15) is 11.8 Å². The summed E-state index contributed by atoms with van der Waals surface area (Å²) in [5.74, 6) is -0.990. The third-order valence-corrected chi connectivity index (χ3v) is 5.12. The molecule has 2 N–H and O–H groups in total. The number of amides is 3. The van der Waals surface area contributed by atoms with E-state index in [1.807, 2.05) is 0 Å². The van der Waals surface area contributed by atoms with Crippen LogP contribution in [0.5, 0.6) is 5.75 Å². The topological polar surface area (TPSA) is 114 Å². The predicted molar refractivity (Wildman–Crippen MR) is 127 cm³/mol. The van der Waals surface area contributed by atoms with Crippen molar-refractivity contribution in [1.82, 2.24) is 5.32 Å². The lowest BCUT2D eigenvalue weighted by Crippen LogP contribution is -2.39. The van der Waals surface area contributed by atoms with Gasteiger partial charge in [0, 0.05) is 30.4 Å². The van der Waals surface area contributed by atoms with Gasteiger partial charge in [-0.15, -0.1) is 0 Å². The fraction of sp³-hybridized carbons (Fsp3) is 0.280. The number of esters is 1. The average molecular weight is 466 g/mol. The number of carbonyl (C=O) groups is 4. The van der Waals surface area contributed by atoms with Gasteiger partial charge in [-0.25, -0.2) is 4.79 Å². The molecule has 1 aliphatic heterocycles. The first kappa shape index (κ1) is 24.5. The molecule has 0 radical (unpaired) electrons. The molecule has 1 fully saturated rings. The zero-order valence-electron chi connectivity index (χ0n) is 19.1. The Kier molecular flexibility index (Phi) is 8.39. The third-order valence-electron chi connectivity index (χ3n) is 5.12. The summed E-state index contributed by atoms with van der Waals surface area (Å²) in [4.78, 5) is 50.0. The Hall–Kier alpha value is -4.14. The number of rotatable bonds is 9. The minimum Gasteiger partial charge on any atom is -0.497 e. The number of hydrogen-bond donors (Lipinski definition) is 2. The van der Waals surface area contributed by atoms with Crippen LogP contribution in [-0.2, 0) is 23.9 Å². The smallest absolute Gasteiger partial charge is 0.328 e. The molecule has 34 heavy (non-hydrogen) atoms. The molecule has 0 unspecified atom stereocenters. The third kappa shape index (κ3) is 6.93. The predicted octanol–water partition coefficient (Wildman–Crippen LogP) is 2.52. The quantitative estimate of drug-likeness (QED) is 0.435. The van der Waals surface area contributed by atoms with E-state index in [1.165, 1.54) is 13.0 Å². The van der Waals surface area contributed by atoms with Crippen LogP contribution in [0, 0.1) is 0 Å². The number of ether oxygens (including phenoxy) is 2. The molecule has 2 aromatic carbocycles. The van der Waals surface area contributed by atoms with Crippen LogP contribution in [0.15, 0.2) is 54.6 Å². The van der Waals surface area contributed by atoms with Crippen molar-refractivity contribution in [2.24, 2.45) is 0 Å². The number of nitrogens with one attached hydrogen (secondary N) is 2. The fourth-order valence-electron chi connectivity index (χ4n) is 3.34. The molecular weight excluding hydrogens is 438 g/mol. The molecule has 2 aromatic rings. The molecule has 3 amide bonds. The molecule has 3 rings (SSSR count). The van der Waals surface area contributed by atoms with Crippen LogP contribution in [0.3, 0.4) is 0 Å². The average Bonchev–Trinajstić information content (AvgIpc) is 3.27. The van der Waals surface area contributed by atoms with Crippen molar-refractivity contribution in [1.29, 1.82) is 0 Å². The number of benzene rings is 2. The van der Waals surface area contributed by atoms with Gasteiger partial charge >= 0.3 is 5.97 Å². The van der Waals surface area contributed by atoms with E-state index in [-0.39, 0.29) is 5.91 Å². The maximum absolute atomic E-state index is 12.2. The zero-order chi connectivity index (χ0) is 24.5. The van der Waals surface area contributed by atoms with Crippen LogP contribution in [0.2, 0.25) is 0 Å². The summed E-state index contributed by atoms with van der Waals surface area (Å²) in [7, 11) is 1.57. The van der Waals surface area contributed by atoms with E-state index in [0.29, 0.717) is 30.1 Å². The molecule has 1 saturated heterocycles. The molecule has 0 spiro atoms. The highest BCUT2D eigenvalue weighted by Crippen LogP contribution is 2.24. The van der Waals surface area contributed by atoms with E-state index >= 15 is 0 Å². The molecule has 0 saturated carbocycles. The number of methoxy groups -OCH3 is 1. The summed E-state index contributed by atoms with van der Waals surface area (Å²) in [6, 6.07) is 13.1. The van der Waals surface area contributed by atoms with E-state index < -0.39 is 30.4 Å². The number of anilines is 2. The van der Waals surface area contributed by atoms with Crippen molar-refractivity contribution < 1.29 is 28.7 Å². The van der Waals surface area contributed by atoms with Gasteiger partial charge in [0.15, 0.2) is 6.61 Å². The zero-order valence-corrected chi connectivity index (χ0v) is 19.1. The van der Waals surface area contributed by atoms with Crippen molar-refractivity contribution in [3.8, 4) is 5.75 Å². The molecular formula is C25H27N3O6. The molecule has 0 aliphatic carbocycles. The van der Waals surface area contributed by atoms with Crippen LogP contribution >= 0.6 is 0 Å². The number of hydrogen-bond acceptors (Lipinski definition) is 6. The summed E-state index contributed by atoms with van der Waals surface area (Å²) >= 11 is 0. The lowest BCUT2D eigenvalue weighted by atomic mass is 10.2. The molecule has 0 aromatic heterocycles. The summed E-state index contributed by atoms with van der Waals surface area (Å²) in [6.45, 7) is 1.61. The van der Waals surface area contributed by atoms with Gasteiger partial charge in [0.25, 0.3) is 5.91 Å². The first-order valence-electron chi connectivity index (χ1n) is 10.9. The summed E-state index contributed by atoms with van der Waals surface area (Å²) in [5.41, 5.74) is 1.99. The Bertz CT molecular complexity index is 1080. The van der Waals surface area contributed by atoms with Crippen molar-refractivity contribution in [3.05, 3.63) is 60.2 Å². The van der Waals surface area contributed by atoms with Gasteiger partial charge in [-0.1, -0.05) is 18.2 Å². The largest absolute Gasteiger partial charge is 0.497 e. The van der Waals surface area contributed by atoms with E-state index in [9.17, 15) is 19.2 Å². The Morgan fingerprint density at radius 2 is 1.91 bits per heavy atom. The second kappa shape index (κ2) is 11.6. The normalized spacial score (nSPS) is 14.1. The molecule has 1 aliphatic rings. The Labute approximate surface area is 197 Å². The van der Waals surface area contributed by atoms with Crippen molar-refractivity contribution >= 4 is 41.1 Å². The fourth-order valence-corrected chi connectivity index (χ4v) is 3.34. The Balaban J connectivity index is 1.43. The van der Waals surface area contributed by atoms with Crippen LogP contribution in [0.4, 0.5) is 11.4 Å². The molecule has 9 heteroatoms. The van der Waals surface area contributed by atoms with Gasteiger partial charge in [-0.05, 0) is 55.3 Å². The monoisotopic (exact) mass is 465 g/mol. The van der Waals surface area contributed by atoms with Crippen LogP contribution in [-0.4, -0.2) is 50.0 Å². The van der Waals surface area contributed by atoms with Crippen molar-refractivity contribution in [3.63, 3.8) is 0 Å². The van der Waals surface area contributed by atoms with E-state index in [4.69, 9.17) is 9.47 Å². The van der Waals surface area contributed by atoms with Crippen LogP contribution in [0.25, 0.3) is 6.08 Å². The van der Waals surface area contributed by atoms with Crippen molar-refractivity contribution in [2.75, 3.05) is 30.5 Å². The second-order valence-electron chi connectivity index (χ2n) is 7.69. The summed E-state index contributed by atoms with van der Waals surface area (Å²) in [5, 5.41) is 5.14. The molecule has 178 valence electrons. The highest BCUT2D eigenvalue weighted by molar-refractivity contribution is 5.98. The first-order valence-corrected chi connectivity index (χ1v) is 10.9. The molecule has 0 bridgehead atoms. The van der Waals surface area contributed by atoms with Crippen LogP contribution < -0.4 is 20.3 Å². The van der Waals surface area contributed by atoms with Gasteiger partial charge in [-0.3, -0.25) is 14.4 Å². The van der Waals surface area contributed by atoms with Gasteiger partial charge < -0.3 is 25.0 Å². The maximum Gasteiger partial charge on any atom is 0.328 e. The number of nitrogens with zero attached hydrogens (tertiary/aromatic N) is 1. The molecule has 1 heterocycles. The minimum absolute atomic E-state index is 0.0484. The Morgan fingerprint density at radius 3 is 2.59 bits per heavy atom. The van der Waals surface area contributed by atoms with Gasteiger partial charge in [0.05, 0.1) is 7.11 Å². The maximum atomic E-state index is 12.2. The van der Waals surface area contributed by atoms with Crippen molar-refractivity contribution in [2.45, 2.75) is 25.8 Å². The molecule has 1 atom stereocenters. The number of carbonyl (C=O) groups excluding carboxylic acids is 4. The van der Waals surface area contributed by atoms with Gasteiger partial charge in [0.2, 0.25) is 11.8 Å². The summed E-state index contributed by atoms with van der Waals surface area (Å²) in [6.07, 6.45) is 4.22. The highest BCUT2D eigenvalue weighted by atomic mass is 16.5. The second-order valence-corrected chi connectivity index (χ2v) is 7.69. The first-order chi connectivity index (χ1) is 16.4. The van der Waals surface area contributed by atoms with Gasteiger partial charge in [-0.2, -0.15) is 0 Å². The Morgan fingerprint density at radius 1 is 1.15 bits per heavy atom. The highest BCUT2D eigenvalue weighted by Gasteiger charge is 2.22. The standard InChI is InChI=1S/C25H27N3O6/c1-17(26-22(29)13-10-18-8-11-21(33-2)12-9-18)25(32)34-16-23(30)27-19-5-3-6-20(15-19)28-14-4-7-24(28)31/h3,5-6,8-13,15,17H,4,7,14,16H2,1-2H3,(H,26,29)(H,27,30)/b13-10+/t17-/m0/s1. The lowest BCUT2D eigenvalue weighted by Gasteiger charge is -2.17. The SMILES string of the molecule is COc1ccc(/C=C/C(=O)N[C@@H](C)C(=O)OCC(=O)Nc2cccc(N3CCCC3=O)c2)cc1. The lowest BCUT2D eigenvalue weighted by molar-refractivity contribution is -0.149. The summed E-state index contributed by atoms with van der Waals surface area (Å²) < 4.78 is 10.1. The minimum atomic E-state index is -0.940. The molecule has 9 nitrogen and oxygen atoms in total. The van der Waals surface area contributed by atoms with E-state index in [1.54, 1.807) is 66.6 Å². The van der Waals surface area contributed by atoms with Crippen LogP contribution in [0.1, 0.15) is 25.3 Å². The van der Waals surface area contributed by atoms with E-state index in [0.717, 1.165) is 12.0 Å².